The Kier molecular flexibility index (Phi) is 4.88. The third kappa shape index (κ3) is 3.40. The van der Waals surface area contributed by atoms with Crippen molar-refractivity contribution in [2.24, 2.45) is 0 Å². The van der Waals surface area contributed by atoms with Crippen LogP contribution in [0.1, 0.15) is 34.1 Å². The molecule has 0 radical (unpaired) electrons. The smallest absolute Gasteiger partial charge is 0.305 e. The normalized spacial score (nSPS) is 15.8. The molecule has 7 nitrogen and oxygen atoms in total. The third-order valence-corrected chi connectivity index (χ3v) is 5.27. The minimum atomic E-state index is -0.986. The number of nitrogens with zero attached hydrogens (tertiary/aromatic N) is 1. The van der Waals surface area contributed by atoms with E-state index in [4.69, 9.17) is 13.9 Å². The first-order valence-corrected chi connectivity index (χ1v) is 9.28. The number of furan rings is 1. The third-order valence-electron chi connectivity index (χ3n) is 5.27. The lowest BCUT2D eigenvalue weighted by atomic mass is 9.89. The second-order valence-corrected chi connectivity index (χ2v) is 6.92. The van der Waals surface area contributed by atoms with Crippen molar-refractivity contribution in [2.75, 3.05) is 20.8 Å². The van der Waals surface area contributed by atoms with Gasteiger partial charge in [0.05, 0.1) is 26.7 Å². The van der Waals surface area contributed by atoms with Crippen LogP contribution in [0, 0.1) is 0 Å². The van der Waals surface area contributed by atoms with Crippen LogP contribution in [0.2, 0.25) is 0 Å². The van der Waals surface area contributed by atoms with Gasteiger partial charge in [0.1, 0.15) is 5.58 Å². The van der Waals surface area contributed by atoms with Gasteiger partial charge >= 0.3 is 5.97 Å². The molecule has 0 saturated heterocycles. The summed E-state index contributed by atoms with van der Waals surface area (Å²) in [4.78, 5) is 26.4. The highest BCUT2D eigenvalue weighted by molar-refractivity contribution is 5.96. The molecule has 1 unspecified atom stereocenters. The molecule has 3 aromatic rings. The molecule has 1 aliphatic heterocycles. The monoisotopic (exact) mass is 395 g/mol. The summed E-state index contributed by atoms with van der Waals surface area (Å²) < 4.78 is 16.5. The van der Waals surface area contributed by atoms with E-state index >= 15 is 0 Å². The number of hydrogen-bond donors (Lipinski definition) is 1. The molecule has 7 heteroatoms. The summed E-state index contributed by atoms with van der Waals surface area (Å²) >= 11 is 0. The number of benzene rings is 2. The van der Waals surface area contributed by atoms with Gasteiger partial charge in [0.25, 0.3) is 5.91 Å². The molecule has 1 amide bonds. The summed E-state index contributed by atoms with van der Waals surface area (Å²) in [6.45, 7) is 0.385. The van der Waals surface area contributed by atoms with Gasteiger partial charge in [0.15, 0.2) is 17.3 Å². The molecule has 4 rings (SSSR count). The van der Waals surface area contributed by atoms with Gasteiger partial charge in [0, 0.05) is 11.9 Å². The van der Waals surface area contributed by atoms with E-state index in [1.807, 2.05) is 24.3 Å². The lowest BCUT2D eigenvalue weighted by Crippen LogP contribution is -2.41. The van der Waals surface area contributed by atoms with E-state index in [0.29, 0.717) is 30.0 Å². The number of carbonyl (C=O) groups is 2. The number of para-hydroxylation sites is 1. The largest absolute Gasteiger partial charge is 0.493 e. The number of carboxylic acid groups (broad SMARTS) is 1. The zero-order valence-corrected chi connectivity index (χ0v) is 16.2. The first kappa shape index (κ1) is 18.9. The summed E-state index contributed by atoms with van der Waals surface area (Å²) in [5.41, 5.74) is 2.32. The standard InChI is InChI=1S/C22H21NO6/c1-27-18-9-13-7-8-23(16(12-21(24)25)15(13)11-19(18)28-2)22(26)20-10-14-5-3-4-6-17(14)29-20/h3-6,9-11,16H,7-8,12H2,1-2H3,(H,24,25). The van der Waals surface area contributed by atoms with Crippen molar-refractivity contribution in [1.29, 1.82) is 0 Å². The van der Waals surface area contributed by atoms with Gasteiger partial charge in [0.2, 0.25) is 0 Å². The van der Waals surface area contributed by atoms with Crippen LogP contribution in [0.4, 0.5) is 0 Å². The molecular formula is C22H21NO6. The highest BCUT2D eigenvalue weighted by Gasteiger charge is 2.35. The zero-order valence-electron chi connectivity index (χ0n) is 16.2. The Morgan fingerprint density at radius 3 is 2.55 bits per heavy atom. The maximum Gasteiger partial charge on any atom is 0.305 e. The fraction of sp³-hybridized carbons (Fsp3) is 0.273. The minimum absolute atomic E-state index is 0.200. The van der Waals surface area contributed by atoms with E-state index < -0.39 is 12.0 Å². The van der Waals surface area contributed by atoms with E-state index in [9.17, 15) is 14.7 Å². The Morgan fingerprint density at radius 1 is 1.14 bits per heavy atom. The van der Waals surface area contributed by atoms with Crippen molar-refractivity contribution in [3.8, 4) is 11.5 Å². The molecule has 1 aliphatic rings. The molecule has 0 spiro atoms. The molecule has 150 valence electrons. The Balaban J connectivity index is 1.75. The molecule has 1 aromatic heterocycles. The number of aliphatic carboxylic acids is 1. The molecule has 2 aromatic carbocycles. The quantitative estimate of drug-likeness (QED) is 0.709. The maximum atomic E-state index is 13.2. The summed E-state index contributed by atoms with van der Waals surface area (Å²) in [6.07, 6.45) is 0.367. The number of fused-ring (bicyclic) bond motifs is 2. The average molecular weight is 395 g/mol. The van der Waals surface area contributed by atoms with Gasteiger partial charge in [-0.2, -0.15) is 0 Å². The Hall–Kier alpha value is -3.48. The lowest BCUT2D eigenvalue weighted by molar-refractivity contribution is -0.138. The lowest BCUT2D eigenvalue weighted by Gasteiger charge is -2.36. The molecule has 0 saturated carbocycles. The Labute approximate surface area is 167 Å². The van der Waals surface area contributed by atoms with E-state index in [1.165, 1.54) is 7.11 Å². The number of carbonyl (C=O) groups excluding carboxylic acids is 1. The van der Waals surface area contributed by atoms with Crippen molar-refractivity contribution in [3.63, 3.8) is 0 Å². The number of rotatable bonds is 5. The van der Waals surface area contributed by atoms with Crippen LogP contribution in [0.5, 0.6) is 11.5 Å². The van der Waals surface area contributed by atoms with Crippen LogP contribution < -0.4 is 9.47 Å². The second kappa shape index (κ2) is 7.50. The molecule has 1 N–H and O–H groups in total. The number of amides is 1. The Bertz CT molecular complexity index is 1050. The zero-order chi connectivity index (χ0) is 20.5. The van der Waals surface area contributed by atoms with Gasteiger partial charge in [-0.05, 0) is 41.8 Å². The van der Waals surface area contributed by atoms with Gasteiger partial charge in [-0.25, -0.2) is 0 Å². The first-order chi connectivity index (χ1) is 14.0. The number of hydrogen-bond acceptors (Lipinski definition) is 5. The first-order valence-electron chi connectivity index (χ1n) is 9.28. The van der Waals surface area contributed by atoms with Crippen molar-refractivity contribution in [2.45, 2.75) is 18.9 Å². The summed E-state index contributed by atoms with van der Waals surface area (Å²) in [5, 5.41) is 10.3. The number of carboxylic acids is 1. The summed E-state index contributed by atoms with van der Waals surface area (Å²) in [7, 11) is 3.08. The van der Waals surface area contributed by atoms with Crippen molar-refractivity contribution in [3.05, 3.63) is 59.4 Å². The van der Waals surface area contributed by atoms with E-state index in [1.54, 1.807) is 30.2 Å². The minimum Gasteiger partial charge on any atom is -0.493 e. The molecule has 2 heterocycles. The van der Waals surface area contributed by atoms with E-state index in [2.05, 4.69) is 0 Å². The number of ether oxygens (including phenoxy) is 2. The average Bonchev–Trinajstić information content (AvgIpc) is 3.16. The van der Waals surface area contributed by atoms with E-state index in [0.717, 1.165) is 16.5 Å². The fourth-order valence-corrected chi connectivity index (χ4v) is 3.89. The van der Waals surface area contributed by atoms with Crippen molar-refractivity contribution in [1.82, 2.24) is 4.90 Å². The predicted octanol–water partition coefficient (Wildman–Crippen LogP) is 3.66. The predicted molar refractivity (Wildman–Crippen MR) is 105 cm³/mol. The van der Waals surface area contributed by atoms with Gasteiger partial charge in [-0.15, -0.1) is 0 Å². The highest BCUT2D eigenvalue weighted by atomic mass is 16.5. The van der Waals surface area contributed by atoms with Crippen molar-refractivity contribution < 1.29 is 28.6 Å². The maximum absolute atomic E-state index is 13.2. The molecular weight excluding hydrogens is 374 g/mol. The van der Waals surface area contributed by atoms with Gasteiger partial charge in [-0.3, -0.25) is 9.59 Å². The van der Waals surface area contributed by atoms with Crippen LogP contribution in [0.25, 0.3) is 11.0 Å². The molecule has 0 bridgehead atoms. The molecule has 0 aliphatic carbocycles. The fourth-order valence-electron chi connectivity index (χ4n) is 3.89. The van der Waals surface area contributed by atoms with Gasteiger partial charge < -0.3 is 23.9 Å². The molecule has 0 fully saturated rings. The molecule has 1 atom stereocenters. The van der Waals surface area contributed by atoms with Gasteiger partial charge in [-0.1, -0.05) is 18.2 Å². The van der Waals surface area contributed by atoms with Crippen LogP contribution in [-0.2, 0) is 11.2 Å². The summed E-state index contributed by atoms with van der Waals surface area (Å²) in [6, 6.07) is 12.1. The van der Waals surface area contributed by atoms with Crippen molar-refractivity contribution >= 4 is 22.8 Å². The highest BCUT2D eigenvalue weighted by Crippen LogP contribution is 2.40. The summed E-state index contributed by atoms with van der Waals surface area (Å²) in [5.74, 6) is -0.0319. The van der Waals surface area contributed by atoms with Crippen LogP contribution in [0.3, 0.4) is 0 Å². The van der Waals surface area contributed by atoms with E-state index in [-0.39, 0.29) is 18.1 Å². The number of methoxy groups -OCH3 is 2. The van der Waals surface area contributed by atoms with Crippen LogP contribution in [0.15, 0.2) is 46.9 Å². The molecule has 29 heavy (non-hydrogen) atoms. The second-order valence-electron chi connectivity index (χ2n) is 6.92. The SMILES string of the molecule is COc1cc2c(cc1OC)C(CC(=O)O)N(C(=O)c1cc3ccccc3o1)CC2. The van der Waals surface area contributed by atoms with Crippen LogP contribution in [-0.4, -0.2) is 42.6 Å². The Morgan fingerprint density at radius 2 is 1.86 bits per heavy atom. The topological polar surface area (TPSA) is 89.2 Å². The van der Waals surface area contributed by atoms with Crippen LogP contribution >= 0.6 is 0 Å².